The Labute approximate surface area is 96.0 Å². The normalized spacial score (nSPS) is 10.7. The molecular formula is C11H8N4S. The molecule has 0 radical (unpaired) electrons. The second-order valence-corrected chi connectivity index (χ2v) is 4.33. The van der Waals surface area contributed by atoms with E-state index in [-0.39, 0.29) is 0 Å². The third-order valence-corrected chi connectivity index (χ3v) is 3.19. The van der Waals surface area contributed by atoms with E-state index in [1.807, 2.05) is 39.0 Å². The van der Waals surface area contributed by atoms with Gasteiger partial charge in [-0.05, 0) is 12.1 Å². The van der Waals surface area contributed by atoms with Crippen LogP contribution in [0, 0.1) is 11.3 Å². The molecule has 3 aromatic heterocycles. The first-order chi connectivity index (χ1) is 7.86. The zero-order valence-corrected chi connectivity index (χ0v) is 9.18. The van der Waals surface area contributed by atoms with Gasteiger partial charge in [0.1, 0.15) is 11.8 Å². The average Bonchev–Trinajstić information content (AvgIpc) is 2.92. The van der Waals surface area contributed by atoms with Gasteiger partial charge in [0.15, 0.2) is 4.96 Å². The fourth-order valence-electron chi connectivity index (χ4n) is 1.68. The number of imidazole rings is 1. The lowest BCUT2D eigenvalue weighted by molar-refractivity contribution is 0.776. The quantitative estimate of drug-likeness (QED) is 0.674. The number of aromatic nitrogens is 3. The molecule has 0 aliphatic heterocycles. The first kappa shape index (κ1) is 9.19. The third kappa shape index (κ3) is 1.40. The number of nitrogens with zero attached hydrogens (tertiary/aromatic N) is 4. The lowest BCUT2D eigenvalue weighted by Gasteiger charge is -2.00. The zero-order valence-electron chi connectivity index (χ0n) is 8.37. The Morgan fingerprint density at radius 2 is 2.38 bits per heavy atom. The van der Waals surface area contributed by atoms with E-state index in [2.05, 4.69) is 11.1 Å². The van der Waals surface area contributed by atoms with Crippen LogP contribution in [0.25, 0.3) is 4.96 Å². The Bertz CT molecular complexity index is 639. The third-order valence-electron chi connectivity index (χ3n) is 2.42. The fourth-order valence-corrected chi connectivity index (χ4v) is 2.40. The molecule has 0 spiro atoms. The van der Waals surface area contributed by atoms with Crippen molar-refractivity contribution in [3.05, 3.63) is 47.5 Å². The highest BCUT2D eigenvalue weighted by Crippen LogP contribution is 2.13. The molecule has 3 aromatic rings. The Morgan fingerprint density at radius 3 is 3.19 bits per heavy atom. The van der Waals surface area contributed by atoms with Gasteiger partial charge < -0.3 is 4.57 Å². The van der Waals surface area contributed by atoms with E-state index in [4.69, 9.17) is 5.26 Å². The number of hydrogen-bond acceptors (Lipinski definition) is 3. The smallest absolute Gasteiger partial charge is 0.193 e. The lowest BCUT2D eigenvalue weighted by Crippen LogP contribution is -2.00. The molecule has 0 N–H and O–H groups in total. The molecule has 16 heavy (non-hydrogen) atoms. The highest BCUT2D eigenvalue weighted by molar-refractivity contribution is 7.15. The van der Waals surface area contributed by atoms with E-state index < -0.39 is 0 Å². The summed E-state index contributed by atoms with van der Waals surface area (Å²) >= 11 is 1.61. The molecule has 0 aliphatic rings. The lowest BCUT2D eigenvalue weighted by atomic mass is 10.4. The van der Waals surface area contributed by atoms with Crippen LogP contribution in [0.5, 0.6) is 0 Å². The molecule has 3 rings (SSSR count). The van der Waals surface area contributed by atoms with Crippen LogP contribution in [0.15, 0.2) is 36.1 Å². The molecule has 78 valence electrons. The molecule has 0 bridgehead atoms. The van der Waals surface area contributed by atoms with Crippen LogP contribution in [0.3, 0.4) is 0 Å². The summed E-state index contributed by atoms with van der Waals surface area (Å²) in [4.78, 5) is 5.46. The van der Waals surface area contributed by atoms with E-state index >= 15 is 0 Å². The summed E-state index contributed by atoms with van der Waals surface area (Å²) in [6.45, 7) is 0.643. The maximum Gasteiger partial charge on any atom is 0.193 e. The van der Waals surface area contributed by atoms with Crippen molar-refractivity contribution in [1.29, 1.82) is 5.26 Å². The van der Waals surface area contributed by atoms with Crippen LogP contribution in [0.4, 0.5) is 0 Å². The van der Waals surface area contributed by atoms with Gasteiger partial charge in [-0.15, -0.1) is 11.3 Å². The first-order valence-electron chi connectivity index (χ1n) is 4.83. The van der Waals surface area contributed by atoms with E-state index in [0.717, 1.165) is 10.7 Å². The van der Waals surface area contributed by atoms with Gasteiger partial charge in [0.05, 0.1) is 12.2 Å². The summed E-state index contributed by atoms with van der Waals surface area (Å²) in [5.41, 5.74) is 1.64. The number of nitriles is 1. The van der Waals surface area contributed by atoms with E-state index in [1.54, 1.807) is 17.4 Å². The summed E-state index contributed by atoms with van der Waals surface area (Å²) in [5, 5.41) is 10.9. The molecule has 0 atom stereocenters. The van der Waals surface area contributed by atoms with Crippen LogP contribution in [0.2, 0.25) is 0 Å². The van der Waals surface area contributed by atoms with Gasteiger partial charge in [-0.3, -0.25) is 4.40 Å². The summed E-state index contributed by atoms with van der Waals surface area (Å²) in [7, 11) is 0. The molecule has 5 heteroatoms. The second kappa shape index (κ2) is 3.51. The first-order valence-corrected chi connectivity index (χ1v) is 5.71. The van der Waals surface area contributed by atoms with Gasteiger partial charge >= 0.3 is 0 Å². The van der Waals surface area contributed by atoms with Gasteiger partial charge in [-0.1, -0.05) is 0 Å². The number of thiazole rings is 1. The fraction of sp³-hybridized carbons (Fsp3) is 0.0909. The summed E-state index contributed by atoms with van der Waals surface area (Å²) in [6, 6.07) is 5.83. The molecule has 0 saturated heterocycles. The van der Waals surface area contributed by atoms with Crippen molar-refractivity contribution in [3.63, 3.8) is 0 Å². The molecule has 0 amide bonds. The number of hydrogen-bond donors (Lipinski definition) is 0. The van der Waals surface area contributed by atoms with Crippen LogP contribution in [-0.4, -0.2) is 14.0 Å². The molecule has 0 saturated carbocycles. The predicted molar refractivity (Wildman–Crippen MR) is 61.3 cm³/mol. The van der Waals surface area contributed by atoms with Crippen molar-refractivity contribution in [2.24, 2.45) is 0 Å². The Balaban J connectivity index is 1.96. The van der Waals surface area contributed by atoms with Crippen molar-refractivity contribution in [3.8, 4) is 6.07 Å². The maximum atomic E-state index is 8.89. The Hall–Kier alpha value is -2.06. The minimum absolute atomic E-state index is 0.643. The van der Waals surface area contributed by atoms with Crippen LogP contribution < -0.4 is 0 Å². The van der Waals surface area contributed by atoms with Crippen molar-refractivity contribution >= 4 is 16.3 Å². The maximum absolute atomic E-state index is 8.89. The topological polar surface area (TPSA) is 46.0 Å². The van der Waals surface area contributed by atoms with Gasteiger partial charge in [-0.2, -0.15) is 5.26 Å². The monoisotopic (exact) mass is 228 g/mol. The molecule has 0 fully saturated rings. The van der Waals surface area contributed by atoms with Crippen molar-refractivity contribution < 1.29 is 0 Å². The molecule has 4 nitrogen and oxygen atoms in total. The van der Waals surface area contributed by atoms with Crippen LogP contribution in [-0.2, 0) is 6.54 Å². The standard InChI is InChI=1S/C11H8N4S/c12-6-10-2-1-3-14(10)7-9-8-15-4-5-16-11(15)13-9/h1-5,8H,7H2. The summed E-state index contributed by atoms with van der Waals surface area (Å²) in [6.07, 6.45) is 5.87. The number of fused-ring (bicyclic) bond motifs is 1. The van der Waals surface area contributed by atoms with Gasteiger partial charge in [-0.25, -0.2) is 4.98 Å². The van der Waals surface area contributed by atoms with Crippen molar-refractivity contribution in [1.82, 2.24) is 14.0 Å². The Morgan fingerprint density at radius 1 is 1.44 bits per heavy atom. The van der Waals surface area contributed by atoms with E-state index in [1.165, 1.54) is 0 Å². The molecule has 0 aliphatic carbocycles. The summed E-state index contributed by atoms with van der Waals surface area (Å²) in [5.74, 6) is 0. The van der Waals surface area contributed by atoms with E-state index in [9.17, 15) is 0 Å². The van der Waals surface area contributed by atoms with E-state index in [0.29, 0.717) is 12.2 Å². The van der Waals surface area contributed by atoms with Crippen molar-refractivity contribution in [2.45, 2.75) is 6.54 Å². The average molecular weight is 228 g/mol. The molecular weight excluding hydrogens is 220 g/mol. The second-order valence-electron chi connectivity index (χ2n) is 3.46. The van der Waals surface area contributed by atoms with Crippen LogP contribution in [0.1, 0.15) is 11.4 Å². The van der Waals surface area contributed by atoms with Crippen LogP contribution >= 0.6 is 11.3 Å². The predicted octanol–water partition coefficient (Wildman–Crippen LogP) is 2.12. The SMILES string of the molecule is N#Cc1cccn1Cc1cn2ccsc2n1. The molecule has 0 unspecified atom stereocenters. The highest BCUT2D eigenvalue weighted by atomic mass is 32.1. The van der Waals surface area contributed by atoms with Gasteiger partial charge in [0, 0.05) is 24.0 Å². The molecule has 3 heterocycles. The highest BCUT2D eigenvalue weighted by Gasteiger charge is 2.05. The van der Waals surface area contributed by atoms with Gasteiger partial charge in [0.2, 0.25) is 0 Å². The Kier molecular flexibility index (Phi) is 2.01. The molecule has 0 aromatic carbocycles. The largest absolute Gasteiger partial charge is 0.333 e. The van der Waals surface area contributed by atoms with Crippen molar-refractivity contribution in [2.75, 3.05) is 0 Å². The minimum atomic E-state index is 0.643. The van der Waals surface area contributed by atoms with Gasteiger partial charge in [0.25, 0.3) is 0 Å². The number of rotatable bonds is 2. The zero-order chi connectivity index (χ0) is 11.0. The summed E-state index contributed by atoms with van der Waals surface area (Å²) < 4.78 is 3.89. The minimum Gasteiger partial charge on any atom is -0.333 e.